The number of carbonyl (C=O) groups excluding carboxylic acids is 1. The van der Waals surface area contributed by atoms with Crippen molar-refractivity contribution in [2.75, 3.05) is 20.8 Å². The number of methoxy groups -OCH3 is 1. The summed E-state index contributed by atoms with van der Waals surface area (Å²) in [6.45, 7) is 1.63. The number of halogens is 3. The van der Waals surface area contributed by atoms with Gasteiger partial charge in [0.2, 0.25) is 11.8 Å². The fourth-order valence-corrected chi connectivity index (χ4v) is 4.24. The summed E-state index contributed by atoms with van der Waals surface area (Å²) in [6.07, 6.45) is -2.12. The lowest BCUT2D eigenvalue weighted by molar-refractivity contribution is -0.139. The second-order valence-corrected chi connectivity index (χ2v) is 7.70. The van der Waals surface area contributed by atoms with Crippen molar-refractivity contribution in [1.82, 2.24) is 19.9 Å². The molecule has 0 fully saturated rings. The van der Waals surface area contributed by atoms with Crippen molar-refractivity contribution in [3.05, 3.63) is 40.7 Å². The van der Waals surface area contributed by atoms with Crippen LogP contribution in [0.25, 0.3) is 10.2 Å². The van der Waals surface area contributed by atoms with Gasteiger partial charge in [0.25, 0.3) is 5.91 Å². The van der Waals surface area contributed by atoms with Gasteiger partial charge in [-0.15, -0.1) is 11.3 Å². The molecule has 3 heterocycles. The average molecular weight is 454 g/mol. The molecular weight excluding hydrogens is 433 g/mol. The smallest absolute Gasteiger partial charge is 0.392 e. The molecule has 0 radical (unpaired) electrons. The number of amides is 1. The number of rotatable bonds is 8. The maximum absolute atomic E-state index is 13.2. The molecule has 11 heteroatoms. The van der Waals surface area contributed by atoms with Crippen molar-refractivity contribution in [3.8, 4) is 11.8 Å². The molecule has 0 saturated carbocycles. The number of ether oxygens (including phenoxy) is 2. The van der Waals surface area contributed by atoms with Crippen LogP contribution in [0.3, 0.4) is 0 Å². The largest absolute Gasteiger partial charge is 0.481 e. The number of thiophene rings is 1. The molecule has 0 aliphatic heterocycles. The van der Waals surface area contributed by atoms with E-state index in [1.165, 1.54) is 24.8 Å². The molecule has 3 aromatic heterocycles. The molecule has 0 unspecified atom stereocenters. The van der Waals surface area contributed by atoms with E-state index in [9.17, 15) is 18.0 Å². The molecule has 3 rings (SSSR count). The van der Waals surface area contributed by atoms with Crippen LogP contribution in [0, 0.1) is 0 Å². The normalized spacial score (nSPS) is 11.5. The number of pyridine rings is 1. The van der Waals surface area contributed by atoms with Crippen molar-refractivity contribution < 1.29 is 27.4 Å². The zero-order chi connectivity index (χ0) is 22.6. The number of alkyl halides is 3. The van der Waals surface area contributed by atoms with Crippen LogP contribution in [-0.4, -0.2) is 52.7 Å². The van der Waals surface area contributed by atoms with E-state index >= 15 is 0 Å². The molecule has 0 atom stereocenters. The summed E-state index contributed by atoms with van der Waals surface area (Å²) >= 11 is 1.17. The third kappa shape index (κ3) is 5.40. The maximum atomic E-state index is 13.2. The molecule has 0 aliphatic carbocycles. The summed E-state index contributed by atoms with van der Waals surface area (Å²) in [6, 6.07) is 3.53. The van der Waals surface area contributed by atoms with Gasteiger partial charge >= 0.3 is 6.18 Å². The van der Waals surface area contributed by atoms with E-state index in [0.29, 0.717) is 39.5 Å². The van der Waals surface area contributed by atoms with Gasteiger partial charge in [-0.3, -0.25) is 4.79 Å². The van der Waals surface area contributed by atoms with Gasteiger partial charge in [-0.25, -0.2) is 15.0 Å². The predicted molar refractivity (Wildman–Crippen MR) is 110 cm³/mol. The van der Waals surface area contributed by atoms with Gasteiger partial charge < -0.3 is 14.4 Å². The van der Waals surface area contributed by atoms with Crippen LogP contribution in [-0.2, 0) is 13.0 Å². The summed E-state index contributed by atoms with van der Waals surface area (Å²) in [4.78, 5) is 27.9. The summed E-state index contributed by atoms with van der Waals surface area (Å²) in [7, 11) is 3.19. The van der Waals surface area contributed by atoms with E-state index in [-0.39, 0.29) is 11.8 Å². The van der Waals surface area contributed by atoms with Crippen LogP contribution in [0.2, 0.25) is 0 Å². The summed E-state index contributed by atoms with van der Waals surface area (Å²) < 4.78 is 47.8. The van der Waals surface area contributed by atoms with Crippen LogP contribution in [0.15, 0.2) is 24.7 Å². The van der Waals surface area contributed by atoms with Gasteiger partial charge in [-0.1, -0.05) is 6.92 Å². The van der Waals surface area contributed by atoms with Crippen molar-refractivity contribution in [1.29, 1.82) is 0 Å². The fourth-order valence-electron chi connectivity index (χ4n) is 3.02. The maximum Gasteiger partial charge on any atom is 0.392 e. The second kappa shape index (κ2) is 9.46. The van der Waals surface area contributed by atoms with E-state index in [1.54, 1.807) is 30.3 Å². The Balaban J connectivity index is 1.87. The molecule has 0 aliphatic rings. The topological polar surface area (TPSA) is 77.4 Å². The summed E-state index contributed by atoms with van der Waals surface area (Å²) in [5, 5.41) is 0.486. The third-order valence-corrected chi connectivity index (χ3v) is 5.63. The van der Waals surface area contributed by atoms with Crippen LogP contribution in [0.1, 0.15) is 34.1 Å². The lowest BCUT2D eigenvalue weighted by Crippen LogP contribution is -2.26. The highest BCUT2D eigenvalue weighted by molar-refractivity contribution is 7.20. The Morgan fingerprint density at radius 2 is 2.03 bits per heavy atom. The number of hydrogen-bond acceptors (Lipinski definition) is 7. The van der Waals surface area contributed by atoms with Crippen molar-refractivity contribution in [2.24, 2.45) is 0 Å². The minimum absolute atomic E-state index is 0.0583. The molecule has 3 aromatic rings. The minimum Gasteiger partial charge on any atom is -0.481 e. The molecule has 31 heavy (non-hydrogen) atoms. The van der Waals surface area contributed by atoms with E-state index in [2.05, 4.69) is 15.0 Å². The van der Waals surface area contributed by atoms with E-state index < -0.39 is 19.2 Å². The van der Waals surface area contributed by atoms with Gasteiger partial charge in [-0.05, 0) is 23.6 Å². The third-order valence-electron chi connectivity index (χ3n) is 4.50. The number of aromatic nitrogens is 3. The Kier molecular flexibility index (Phi) is 6.94. The second-order valence-electron chi connectivity index (χ2n) is 6.70. The van der Waals surface area contributed by atoms with Crippen LogP contribution in [0.4, 0.5) is 13.2 Å². The van der Waals surface area contributed by atoms with E-state index in [1.807, 2.05) is 6.92 Å². The number of fused-ring (bicyclic) bond motifs is 1. The van der Waals surface area contributed by atoms with Crippen LogP contribution in [0.5, 0.6) is 11.8 Å². The Morgan fingerprint density at radius 3 is 2.71 bits per heavy atom. The van der Waals surface area contributed by atoms with Gasteiger partial charge in [0.15, 0.2) is 0 Å². The highest BCUT2D eigenvalue weighted by atomic mass is 32.1. The molecule has 0 saturated heterocycles. The lowest BCUT2D eigenvalue weighted by Gasteiger charge is -2.17. The molecule has 0 bridgehead atoms. The first-order valence-electron chi connectivity index (χ1n) is 9.43. The van der Waals surface area contributed by atoms with Crippen LogP contribution < -0.4 is 9.47 Å². The Morgan fingerprint density at radius 1 is 1.26 bits per heavy atom. The molecule has 1 amide bonds. The summed E-state index contributed by atoms with van der Waals surface area (Å²) in [5.41, 5.74) is 1.50. The standard InChI is InChI=1S/C20H21F3N4O3S/c1-4-13-15-17(30-8-6-20(21,22)23)25-11-26-18(15)31-16(13)19(28)27(2)10-12-5-7-24-14(9-12)29-3/h5,7,9,11H,4,6,8,10H2,1-3H3. The first-order valence-corrected chi connectivity index (χ1v) is 10.3. The number of nitrogens with zero attached hydrogens (tertiary/aromatic N) is 4. The number of hydrogen-bond donors (Lipinski definition) is 0. The summed E-state index contributed by atoms with van der Waals surface area (Å²) in [5.74, 6) is 0.283. The first-order chi connectivity index (χ1) is 14.7. The molecule has 0 spiro atoms. The molecular formula is C20H21F3N4O3S. The van der Waals surface area contributed by atoms with Crippen molar-refractivity contribution >= 4 is 27.5 Å². The van der Waals surface area contributed by atoms with Crippen molar-refractivity contribution in [3.63, 3.8) is 0 Å². The van der Waals surface area contributed by atoms with Gasteiger partial charge in [0.05, 0.1) is 30.4 Å². The molecule has 166 valence electrons. The van der Waals surface area contributed by atoms with Gasteiger partial charge in [-0.2, -0.15) is 13.2 Å². The highest BCUT2D eigenvalue weighted by Crippen LogP contribution is 2.36. The Labute approximate surface area is 180 Å². The Hall–Kier alpha value is -2.95. The van der Waals surface area contributed by atoms with Crippen molar-refractivity contribution in [2.45, 2.75) is 32.5 Å². The van der Waals surface area contributed by atoms with Gasteiger partial charge in [0, 0.05) is 25.9 Å². The zero-order valence-electron chi connectivity index (χ0n) is 17.2. The van der Waals surface area contributed by atoms with Crippen LogP contribution >= 0.6 is 11.3 Å². The zero-order valence-corrected chi connectivity index (χ0v) is 18.0. The van der Waals surface area contributed by atoms with Gasteiger partial charge in [0.1, 0.15) is 11.2 Å². The molecule has 0 aromatic carbocycles. The minimum atomic E-state index is -4.33. The van der Waals surface area contributed by atoms with E-state index in [4.69, 9.17) is 9.47 Å². The molecule has 7 nitrogen and oxygen atoms in total. The highest BCUT2D eigenvalue weighted by Gasteiger charge is 2.28. The SMILES string of the molecule is CCc1c(C(=O)N(C)Cc2ccnc(OC)c2)sc2ncnc(OCCC(F)(F)F)c12. The van der Waals surface area contributed by atoms with E-state index in [0.717, 1.165) is 5.56 Å². The lowest BCUT2D eigenvalue weighted by atomic mass is 10.1. The number of aryl methyl sites for hydroxylation is 1. The number of carbonyl (C=O) groups is 1. The monoisotopic (exact) mass is 454 g/mol. The molecule has 0 N–H and O–H groups in total. The fraction of sp³-hybridized carbons (Fsp3) is 0.400. The Bertz CT molecular complexity index is 1070. The predicted octanol–water partition coefficient (Wildman–Crippen LogP) is 4.26. The first kappa shape index (κ1) is 22.7. The average Bonchev–Trinajstić information content (AvgIpc) is 3.11. The quantitative estimate of drug-likeness (QED) is 0.506.